The lowest BCUT2D eigenvalue weighted by molar-refractivity contribution is 0.377. The molecule has 3 rings (SSSR count). The molecule has 0 bridgehead atoms. The van der Waals surface area contributed by atoms with Crippen molar-refractivity contribution in [2.75, 3.05) is 21.3 Å². The average Bonchev–Trinajstić information content (AvgIpc) is 2.96. The molecule has 0 radical (unpaired) electrons. The number of nitrogens with one attached hydrogen (secondary N) is 1. The Labute approximate surface area is 133 Å². The minimum Gasteiger partial charge on any atom is -0.496 e. The Hall–Kier alpha value is -2.47. The number of imidazole rings is 1. The molecule has 0 unspecified atom stereocenters. The van der Waals surface area contributed by atoms with E-state index in [4.69, 9.17) is 14.2 Å². The van der Waals surface area contributed by atoms with Crippen LogP contribution in [-0.4, -0.2) is 36.3 Å². The van der Waals surface area contributed by atoms with Crippen LogP contribution in [-0.2, 0) is 0 Å². The summed E-state index contributed by atoms with van der Waals surface area (Å²) in [5.41, 5.74) is 2.23. The smallest absolute Gasteiger partial charge is 0.178 e. The Morgan fingerprint density at radius 2 is 1.68 bits per heavy atom. The molecule has 22 heavy (non-hydrogen) atoms. The van der Waals surface area contributed by atoms with Crippen LogP contribution < -0.4 is 14.2 Å². The molecule has 116 valence electrons. The van der Waals surface area contributed by atoms with E-state index in [1.54, 1.807) is 39.7 Å². The maximum atomic E-state index is 5.44. The molecule has 0 aliphatic rings. The predicted molar refractivity (Wildman–Crippen MR) is 86.2 cm³/mol. The maximum absolute atomic E-state index is 5.44. The predicted octanol–water partition coefficient (Wildman–Crippen LogP) is 3.07. The van der Waals surface area contributed by atoms with E-state index in [-0.39, 0.29) is 12.4 Å². The van der Waals surface area contributed by atoms with Crippen molar-refractivity contribution in [3.05, 3.63) is 30.5 Å². The molecule has 7 heteroatoms. The molecular formula is C15H16ClN3O3. The molecule has 0 atom stereocenters. The number of aromatic nitrogens is 3. The van der Waals surface area contributed by atoms with Crippen molar-refractivity contribution in [2.45, 2.75) is 0 Å². The molecule has 0 amide bonds. The van der Waals surface area contributed by atoms with Gasteiger partial charge in [-0.1, -0.05) is 0 Å². The van der Waals surface area contributed by atoms with Gasteiger partial charge in [-0.2, -0.15) is 0 Å². The largest absolute Gasteiger partial charge is 0.496 e. The van der Waals surface area contributed by atoms with Crippen molar-refractivity contribution < 1.29 is 14.2 Å². The fourth-order valence-electron chi connectivity index (χ4n) is 2.20. The maximum Gasteiger partial charge on any atom is 0.178 e. The number of ether oxygens (including phenoxy) is 3. The minimum atomic E-state index is 0. The first-order valence-corrected chi connectivity index (χ1v) is 6.38. The average molecular weight is 322 g/mol. The summed E-state index contributed by atoms with van der Waals surface area (Å²) in [4.78, 5) is 11.9. The first kappa shape index (κ1) is 15.9. The zero-order valence-electron chi connectivity index (χ0n) is 12.4. The summed E-state index contributed by atoms with van der Waals surface area (Å²) in [6, 6.07) is 7.35. The monoisotopic (exact) mass is 321 g/mol. The summed E-state index contributed by atoms with van der Waals surface area (Å²) in [5.74, 6) is 2.53. The van der Waals surface area contributed by atoms with E-state index in [9.17, 15) is 0 Å². The van der Waals surface area contributed by atoms with Crippen molar-refractivity contribution in [1.82, 2.24) is 15.0 Å². The van der Waals surface area contributed by atoms with E-state index >= 15 is 0 Å². The van der Waals surface area contributed by atoms with Gasteiger partial charge in [0, 0.05) is 18.3 Å². The zero-order chi connectivity index (χ0) is 14.8. The fraction of sp³-hybridized carbons (Fsp3) is 0.200. The van der Waals surface area contributed by atoms with Gasteiger partial charge in [0.2, 0.25) is 0 Å². The molecule has 3 aromatic rings. The number of nitrogens with zero attached hydrogens (tertiary/aromatic N) is 2. The number of halogens is 1. The second-order valence-electron chi connectivity index (χ2n) is 4.37. The van der Waals surface area contributed by atoms with Crippen molar-refractivity contribution in [2.24, 2.45) is 0 Å². The van der Waals surface area contributed by atoms with Crippen LogP contribution in [0.2, 0.25) is 0 Å². The molecule has 0 saturated carbocycles. The Kier molecular flexibility index (Phi) is 4.72. The highest BCUT2D eigenvalue weighted by Crippen LogP contribution is 2.40. The van der Waals surface area contributed by atoms with Gasteiger partial charge in [0.05, 0.1) is 26.8 Å². The van der Waals surface area contributed by atoms with E-state index in [0.29, 0.717) is 28.7 Å². The van der Waals surface area contributed by atoms with E-state index < -0.39 is 0 Å². The highest BCUT2D eigenvalue weighted by Gasteiger charge is 2.18. The highest BCUT2D eigenvalue weighted by atomic mass is 35.5. The van der Waals surface area contributed by atoms with E-state index in [1.807, 2.05) is 12.1 Å². The van der Waals surface area contributed by atoms with Gasteiger partial charge in [-0.05, 0) is 12.1 Å². The van der Waals surface area contributed by atoms with Crippen LogP contribution in [0.25, 0.3) is 22.6 Å². The Balaban J connectivity index is 0.00000176. The second-order valence-corrected chi connectivity index (χ2v) is 4.37. The van der Waals surface area contributed by atoms with Gasteiger partial charge in [0.1, 0.15) is 28.6 Å². The standard InChI is InChI=1S/C15H15N3O3.ClH/c1-19-9-7-11(20-2)13(12(8-9)21-3)15-17-10-5-4-6-16-14(10)18-15;/h4-8H,1-3H3,(H,16,17,18);1H. The van der Waals surface area contributed by atoms with Crippen molar-refractivity contribution >= 4 is 23.6 Å². The van der Waals surface area contributed by atoms with Crippen LogP contribution >= 0.6 is 12.4 Å². The molecule has 0 saturated heterocycles. The van der Waals surface area contributed by atoms with Gasteiger partial charge < -0.3 is 19.2 Å². The molecule has 6 nitrogen and oxygen atoms in total. The fourth-order valence-corrected chi connectivity index (χ4v) is 2.20. The second kappa shape index (κ2) is 6.53. The number of H-pyrrole nitrogens is 1. The Bertz CT molecular complexity index is 731. The van der Waals surface area contributed by atoms with Crippen LogP contribution in [0.4, 0.5) is 0 Å². The van der Waals surface area contributed by atoms with E-state index in [1.165, 1.54) is 0 Å². The summed E-state index contributed by atoms with van der Waals surface area (Å²) in [5, 5.41) is 0. The molecular weight excluding hydrogens is 306 g/mol. The van der Waals surface area contributed by atoms with E-state index in [2.05, 4.69) is 15.0 Å². The third-order valence-corrected chi connectivity index (χ3v) is 3.21. The lowest BCUT2D eigenvalue weighted by atomic mass is 10.1. The number of hydrogen-bond acceptors (Lipinski definition) is 5. The highest BCUT2D eigenvalue weighted by molar-refractivity contribution is 5.85. The number of fused-ring (bicyclic) bond motifs is 1. The van der Waals surface area contributed by atoms with Crippen molar-refractivity contribution in [3.63, 3.8) is 0 Å². The van der Waals surface area contributed by atoms with Gasteiger partial charge >= 0.3 is 0 Å². The summed E-state index contributed by atoms with van der Waals surface area (Å²) in [6.07, 6.45) is 1.70. The SMILES string of the molecule is COc1cc(OC)c(-c2nc3ncccc3[nH]2)c(OC)c1.Cl. The van der Waals surface area contributed by atoms with Gasteiger partial charge in [-0.15, -0.1) is 12.4 Å². The molecule has 0 fully saturated rings. The molecule has 0 aliphatic heterocycles. The Morgan fingerprint density at radius 1 is 1.00 bits per heavy atom. The van der Waals surface area contributed by atoms with Crippen LogP contribution in [0, 0.1) is 0 Å². The molecule has 2 aromatic heterocycles. The van der Waals surface area contributed by atoms with Crippen LogP contribution in [0.1, 0.15) is 0 Å². The summed E-state index contributed by atoms with van der Waals surface area (Å²) >= 11 is 0. The van der Waals surface area contributed by atoms with Crippen LogP contribution in [0.5, 0.6) is 17.2 Å². The zero-order valence-corrected chi connectivity index (χ0v) is 13.2. The van der Waals surface area contributed by atoms with Crippen LogP contribution in [0.15, 0.2) is 30.5 Å². The van der Waals surface area contributed by atoms with Gasteiger partial charge in [-0.3, -0.25) is 0 Å². The van der Waals surface area contributed by atoms with Crippen molar-refractivity contribution in [1.29, 1.82) is 0 Å². The van der Waals surface area contributed by atoms with Gasteiger partial charge in [0.15, 0.2) is 5.65 Å². The summed E-state index contributed by atoms with van der Waals surface area (Å²) in [6.45, 7) is 0. The normalized spacial score (nSPS) is 10.1. The molecule has 1 aromatic carbocycles. The number of benzene rings is 1. The summed E-state index contributed by atoms with van der Waals surface area (Å²) < 4.78 is 16.1. The van der Waals surface area contributed by atoms with Gasteiger partial charge in [-0.25, -0.2) is 9.97 Å². The molecule has 2 heterocycles. The third-order valence-electron chi connectivity index (χ3n) is 3.21. The quantitative estimate of drug-likeness (QED) is 0.799. The molecule has 0 spiro atoms. The first-order valence-electron chi connectivity index (χ1n) is 6.38. The van der Waals surface area contributed by atoms with Crippen molar-refractivity contribution in [3.8, 4) is 28.6 Å². The third kappa shape index (κ3) is 2.65. The number of rotatable bonds is 4. The number of aromatic amines is 1. The summed E-state index contributed by atoms with van der Waals surface area (Å²) in [7, 11) is 4.79. The first-order chi connectivity index (χ1) is 10.3. The Morgan fingerprint density at radius 3 is 2.23 bits per heavy atom. The van der Waals surface area contributed by atoms with Gasteiger partial charge in [0.25, 0.3) is 0 Å². The number of methoxy groups -OCH3 is 3. The lowest BCUT2D eigenvalue weighted by Gasteiger charge is -2.13. The molecule has 0 aliphatic carbocycles. The lowest BCUT2D eigenvalue weighted by Crippen LogP contribution is -1.96. The minimum absolute atomic E-state index is 0. The van der Waals surface area contributed by atoms with Crippen LogP contribution in [0.3, 0.4) is 0 Å². The molecule has 1 N–H and O–H groups in total. The van der Waals surface area contributed by atoms with E-state index in [0.717, 1.165) is 11.1 Å². The topological polar surface area (TPSA) is 69.3 Å². The number of hydrogen-bond donors (Lipinski definition) is 1. The number of pyridine rings is 1.